The van der Waals surface area contributed by atoms with Crippen molar-refractivity contribution in [2.45, 2.75) is 13.3 Å². The maximum absolute atomic E-state index is 4.91. The zero-order valence-electron chi connectivity index (χ0n) is 7.89. The molecule has 0 fully saturated rings. The molecule has 0 spiro atoms. The number of allylic oxidation sites excluding steroid dienone is 1. The fourth-order valence-corrected chi connectivity index (χ4v) is 1.15. The number of thioether (sulfide) groups is 1. The van der Waals surface area contributed by atoms with Gasteiger partial charge in [0.05, 0.1) is 13.0 Å². The summed E-state index contributed by atoms with van der Waals surface area (Å²) in [5.74, 6) is 0.757. The molecule has 0 unspecified atom stereocenters. The van der Waals surface area contributed by atoms with Crippen LogP contribution in [0.3, 0.4) is 0 Å². The first-order valence-electron chi connectivity index (χ1n) is 3.79. The van der Waals surface area contributed by atoms with E-state index in [4.69, 9.17) is 4.74 Å². The average Bonchev–Trinajstić information content (AvgIpc) is 2.12. The maximum atomic E-state index is 4.91. The van der Waals surface area contributed by atoms with Gasteiger partial charge >= 0.3 is 0 Å². The quantitative estimate of drug-likeness (QED) is 0.415. The summed E-state index contributed by atoms with van der Waals surface area (Å²) in [6.45, 7) is 5.95. The summed E-state index contributed by atoms with van der Waals surface area (Å²) >= 11 is 1.67. The van der Waals surface area contributed by atoms with Crippen molar-refractivity contribution < 1.29 is 4.74 Å². The van der Waals surface area contributed by atoms with Gasteiger partial charge in [-0.15, -0.1) is 11.8 Å². The smallest absolute Gasteiger partial charge is 0.284 e. The molecule has 0 aliphatic carbocycles. The zero-order valence-corrected chi connectivity index (χ0v) is 8.70. The predicted molar refractivity (Wildman–Crippen MR) is 55.4 cm³/mol. The number of hydrogen-bond acceptors (Lipinski definition) is 3. The van der Waals surface area contributed by atoms with Crippen LogP contribution >= 0.6 is 11.8 Å². The van der Waals surface area contributed by atoms with E-state index < -0.39 is 0 Å². The van der Waals surface area contributed by atoms with Crippen LogP contribution < -0.4 is 5.32 Å². The first-order valence-corrected chi connectivity index (χ1v) is 4.78. The summed E-state index contributed by atoms with van der Waals surface area (Å²) in [7, 11) is 3.28. The molecular formula is C8H16N2OS. The summed E-state index contributed by atoms with van der Waals surface area (Å²) in [4.78, 5) is 5.03. The van der Waals surface area contributed by atoms with E-state index in [-0.39, 0.29) is 0 Å². The molecule has 4 heteroatoms. The molecule has 0 rings (SSSR count). The van der Waals surface area contributed by atoms with Crippen LogP contribution in [0.15, 0.2) is 16.5 Å². The Labute approximate surface area is 78.3 Å². The fraction of sp³-hybridized carbons (Fsp3) is 0.625. The van der Waals surface area contributed by atoms with E-state index in [2.05, 4.69) is 23.8 Å². The Balaban J connectivity index is 3.48. The van der Waals surface area contributed by atoms with E-state index in [1.165, 1.54) is 0 Å². The van der Waals surface area contributed by atoms with Crippen LogP contribution in [0.2, 0.25) is 0 Å². The minimum atomic E-state index is 0.561. The Morgan fingerprint density at radius 1 is 1.67 bits per heavy atom. The molecule has 0 saturated heterocycles. The van der Waals surface area contributed by atoms with Crippen LogP contribution in [0.25, 0.3) is 0 Å². The van der Waals surface area contributed by atoms with Gasteiger partial charge in [0.15, 0.2) is 0 Å². The number of nitrogens with zero attached hydrogens (tertiary/aromatic N) is 1. The van der Waals surface area contributed by atoms with Crippen LogP contribution in [0.1, 0.15) is 13.3 Å². The summed E-state index contributed by atoms with van der Waals surface area (Å²) in [6.07, 6.45) is 0.998. The molecule has 0 saturated carbocycles. The standard InChI is InChI=1S/C8H16N2OS/c1-5-7(2)12-6-10-8(9-3)11-4/h2,5-6H2,1,3-4H3,(H,9,10). The molecular weight excluding hydrogens is 172 g/mol. The lowest BCUT2D eigenvalue weighted by Crippen LogP contribution is -2.24. The number of ether oxygens (including phenoxy) is 1. The minimum absolute atomic E-state index is 0.561. The molecule has 70 valence electrons. The summed E-state index contributed by atoms with van der Waals surface area (Å²) < 4.78 is 4.91. The topological polar surface area (TPSA) is 33.6 Å². The highest BCUT2D eigenvalue weighted by Crippen LogP contribution is 2.14. The fourth-order valence-electron chi connectivity index (χ4n) is 0.544. The van der Waals surface area contributed by atoms with Gasteiger partial charge in [0.1, 0.15) is 0 Å². The molecule has 1 N–H and O–H groups in total. The van der Waals surface area contributed by atoms with Gasteiger partial charge in [0.25, 0.3) is 6.02 Å². The molecule has 12 heavy (non-hydrogen) atoms. The second kappa shape index (κ2) is 7.03. The molecule has 0 bridgehead atoms. The lowest BCUT2D eigenvalue weighted by Gasteiger charge is -2.07. The number of methoxy groups -OCH3 is 1. The summed E-state index contributed by atoms with van der Waals surface area (Å²) in [5.41, 5.74) is 0. The van der Waals surface area contributed by atoms with E-state index in [1.54, 1.807) is 25.9 Å². The number of hydrogen-bond donors (Lipinski definition) is 1. The highest BCUT2D eigenvalue weighted by molar-refractivity contribution is 8.03. The lowest BCUT2D eigenvalue weighted by atomic mass is 10.5. The van der Waals surface area contributed by atoms with Gasteiger partial charge in [-0.05, 0) is 11.3 Å². The Kier molecular flexibility index (Phi) is 6.66. The van der Waals surface area contributed by atoms with Gasteiger partial charge in [0.2, 0.25) is 0 Å². The Hall–Kier alpha value is -0.640. The van der Waals surface area contributed by atoms with E-state index in [0.717, 1.165) is 17.2 Å². The molecule has 0 radical (unpaired) electrons. The molecule has 0 atom stereocenters. The van der Waals surface area contributed by atoms with Crippen LogP contribution in [0, 0.1) is 0 Å². The first kappa shape index (κ1) is 11.4. The predicted octanol–water partition coefficient (Wildman–Crippen LogP) is 1.82. The lowest BCUT2D eigenvalue weighted by molar-refractivity contribution is 0.383. The normalized spacial score (nSPS) is 11.1. The second-order valence-electron chi connectivity index (χ2n) is 2.09. The number of amidine groups is 1. The number of nitrogens with one attached hydrogen (secondary N) is 1. The van der Waals surface area contributed by atoms with Gasteiger partial charge in [-0.1, -0.05) is 13.5 Å². The highest BCUT2D eigenvalue weighted by atomic mass is 32.2. The van der Waals surface area contributed by atoms with Crippen LogP contribution in [-0.2, 0) is 4.74 Å². The third kappa shape index (κ3) is 5.07. The van der Waals surface area contributed by atoms with E-state index in [1.807, 2.05) is 0 Å². The van der Waals surface area contributed by atoms with Crippen LogP contribution in [0.4, 0.5) is 0 Å². The molecule has 0 aliphatic rings. The van der Waals surface area contributed by atoms with Gasteiger partial charge in [-0.2, -0.15) is 0 Å². The molecule has 0 amide bonds. The number of rotatable bonds is 4. The van der Waals surface area contributed by atoms with E-state index >= 15 is 0 Å². The van der Waals surface area contributed by atoms with Crippen molar-refractivity contribution in [2.24, 2.45) is 4.99 Å². The Morgan fingerprint density at radius 3 is 2.75 bits per heavy atom. The summed E-state index contributed by atoms with van der Waals surface area (Å²) in [5, 5.41) is 3.01. The van der Waals surface area contributed by atoms with Crippen molar-refractivity contribution >= 4 is 17.8 Å². The van der Waals surface area contributed by atoms with Crippen LogP contribution in [0.5, 0.6) is 0 Å². The first-order chi connectivity index (χ1) is 5.74. The number of aliphatic imine (C=N–C) groups is 1. The molecule has 0 aliphatic heterocycles. The monoisotopic (exact) mass is 188 g/mol. The van der Waals surface area contributed by atoms with Crippen molar-refractivity contribution in [2.75, 3.05) is 20.0 Å². The van der Waals surface area contributed by atoms with Crippen molar-refractivity contribution in [3.8, 4) is 0 Å². The van der Waals surface area contributed by atoms with E-state index in [0.29, 0.717) is 6.02 Å². The van der Waals surface area contributed by atoms with Crippen LogP contribution in [-0.4, -0.2) is 26.1 Å². The van der Waals surface area contributed by atoms with Gasteiger partial charge < -0.3 is 10.1 Å². The van der Waals surface area contributed by atoms with Crippen molar-refractivity contribution in [3.05, 3.63) is 11.5 Å². The highest BCUT2D eigenvalue weighted by Gasteiger charge is 1.95. The molecule has 0 aromatic rings. The zero-order chi connectivity index (χ0) is 9.40. The molecule has 3 nitrogen and oxygen atoms in total. The van der Waals surface area contributed by atoms with Gasteiger partial charge in [0, 0.05) is 7.05 Å². The molecule has 0 heterocycles. The SMILES string of the molecule is C=C(CC)SCN/C(=N\C)OC. The average molecular weight is 188 g/mol. The van der Waals surface area contributed by atoms with Crippen molar-refractivity contribution in [1.82, 2.24) is 5.32 Å². The molecule has 0 aromatic carbocycles. The third-order valence-electron chi connectivity index (χ3n) is 1.29. The van der Waals surface area contributed by atoms with Crippen molar-refractivity contribution in [3.63, 3.8) is 0 Å². The largest absolute Gasteiger partial charge is 0.469 e. The third-order valence-corrected chi connectivity index (χ3v) is 2.28. The summed E-state index contributed by atoms with van der Waals surface area (Å²) in [6, 6.07) is 0.561. The Morgan fingerprint density at radius 2 is 2.33 bits per heavy atom. The minimum Gasteiger partial charge on any atom is -0.469 e. The maximum Gasteiger partial charge on any atom is 0.284 e. The Bertz CT molecular complexity index is 168. The van der Waals surface area contributed by atoms with Gasteiger partial charge in [-0.3, -0.25) is 0 Å². The van der Waals surface area contributed by atoms with Gasteiger partial charge in [-0.25, -0.2) is 4.99 Å². The van der Waals surface area contributed by atoms with E-state index in [9.17, 15) is 0 Å². The van der Waals surface area contributed by atoms with Crippen molar-refractivity contribution in [1.29, 1.82) is 0 Å². The second-order valence-corrected chi connectivity index (χ2v) is 3.25. The molecule has 0 aromatic heterocycles.